The molecule has 9 heteroatoms. The molecular formula is C14H25IN4O2S2. The van der Waals surface area contributed by atoms with Crippen molar-refractivity contribution in [3.63, 3.8) is 0 Å². The summed E-state index contributed by atoms with van der Waals surface area (Å²) >= 11 is 1.20. The summed E-state index contributed by atoms with van der Waals surface area (Å²) in [6.07, 6.45) is 3.86. The van der Waals surface area contributed by atoms with E-state index in [1.165, 1.54) is 11.3 Å². The summed E-state index contributed by atoms with van der Waals surface area (Å²) in [5.74, 6) is 0.749. The van der Waals surface area contributed by atoms with Crippen LogP contribution in [0.5, 0.6) is 0 Å². The molecule has 0 unspecified atom stereocenters. The van der Waals surface area contributed by atoms with Crippen molar-refractivity contribution in [3.8, 4) is 0 Å². The maximum Gasteiger partial charge on any atom is 0.250 e. The van der Waals surface area contributed by atoms with Crippen molar-refractivity contribution in [2.75, 3.05) is 33.7 Å². The van der Waals surface area contributed by atoms with Crippen molar-refractivity contribution >= 4 is 51.3 Å². The van der Waals surface area contributed by atoms with Crippen LogP contribution in [0.15, 0.2) is 39.4 Å². The van der Waals surface area contributed by atoms with Crippen molar-refractivity contribution < 1.29 is 8.42 Å². The Morgan fingerprint density at radius 1 is 1.48 bits per heavy atom. The van der Waals surface area contributed by atoms with Gasteiger partial charge in [0, 0.05) is 33.7 Å². The van der Waals surface area contributed by atoms with Crippen LogP contribution in [0, 0.1) is 0 Å². The van der Waals surface area contributed by atoms with Crippen LogP contribution in [0.1, 0.15) is 12.8 Å². The fourth-order valence-electron chi connectivity index (χ4n) is 1.81. The van der Waals surface area contributed by atoms with Crippen molar-refractivity contribution in [2.24, 2.45) is 4.99 Å². The van der Waals surface area contributed by atoms with Gasteiger partial charge in [0.05, 0.1) is 0 Å². The van der Waals surface area contributed by atoms with Gasteiger partial charge in [-0.25, -0.2) is 13.1 Å². The number of hydrogen-bond donors (Lipinski definition) is 2. The number of aliphatic imine (C=N–C) groups is 1. The van der Waals surface area contributed by atoms with Gasteiger partial charge in [-0.05, 0) is 24.3 Å². The second kappa shape index (κ2) is 11.8. The molecule has 6 nitrogen and oxygen atoms in total. The lowest BCUT2D eigenvalue weighted by atomic mass is 10.3. The molecule has 23 heavy (non-hydrogen) atoms. The molecule has 0 fully saturated rings. The molecule has 0 bridgehead atoms. The number of halogens is 1. The van der Waals surface area contributed by atoms with Gasteiger partial charge in [-0.2, -0.15) is 0 Å². The third-order valence-corrected chi connectivity index (χ3v) is 5.79. The Morgan fingerprint density at radius 2 is 2.22 bits per heavy atom. The molecule has 1 aromatic rings. The highest BCUT2D eigenvalue weighted by atomic mass is 127. The fourth-order valence-corrected chi connectivity index (χ4v) is 3.88. The summed E-state index contributed by atoms with van der Waals surface area (Å²) in [7, 11) is 0.268. The largest absolute Gasteiger partial charge is 0.355 e. The lowest BCUT2D eigenvalue weighted by Gasteiger charge is -2.21. The molecule has 132 valence electrons. The van der Waals surface area contributed by atoms with Crippen LogP contribution in [-0.4, -0.2) is 53.0 Å². The summed E-state index contributed by atoms with van der Waals surface area (Å²) in [4.78, 5) is 6.19. The van der Waals surface area contributed by atoms with E-state index in [9.17, 15) is 8.42 Å². The van der Waals surface area contributed by atoms with Crippen LogP contribution < -0.4 is 10.0 Å². The normalized spacial score (nSPS) is 11.7. The molecule has 0 aliphatic carbocycles. The van der Waals surface area contributed by atoms with E-state index in [0.29, 0.717) is 17.3 Å². The van der Waals surface area contributed by atoms with Crippen LogP contribution >= 0.6 is 35.3 Å². The number of thiophene rings is 1. The highest BCUT2D eigenvalue weighted by Gasteiger charge is 2.14. The molecule has 1 heterocycles. The molecule has 0 atom stereocenters. The Kier molecular flexibility index (Phi) is 11.5. The van der Waals surface area contributed by atoms with Crippen LogP contribution in [0.3, 0.4) is 0 Å². The molecule has 0 saturated heterocycles. The number of nitrogens with zero attached hydrogens (tertiary/aromatic N) is 2. The lowest BCUT2D eigenvalue weighted by Crippen LogP contribution is -2.42. The smallest absolute Gasteiger partial charge is 0.250 e. The van der Waals surface area contributed by atoms with Crippen molar-refractivity contribution in [2.45, 2.75) is 17.1 Å². The van der Waals surface area contributed by atoms with Gasteiger partial charge < -0.3 is 10.2 Å². The van der Waals surface area contributed by atoms with Gasteiger partial charge in [0.1, 0.15) is 4.21 Å². The molecule has 0 aliphatic heterocycles. The van der Waals surface area contributed by atoms with E-state index in [-0.39, 0.29) is 24.0 Å². The molecule has 0 amide bonds. The van der Waals surface area contributed by atoms with Crippen molar-refractivity contribution in [1.82, 2.24) is 14.9 Å². The van der Waals surface area contributed by atoms with Gasteiger partial charge in [0.15, 0.2) is 5.96 Å². The fraction of sp³-hybridized carbons (Fsp3) is 0.500. The Bertz CT molecular complexity index is 574. The van der Waals surface area contributed by atoms with Crippen molar-refractivity contribution in [3.05, 3.63) is 30.2 Å². The number of rotatable bonds is 9. The highest BCUT2D eigenvalue weighted by Crippen LogP contribution is 2.14. The lowest BCUT2D eigenvalue weighted by molar-refractivity contribution is 0.470. The molecule has 2 N–H and O–H groups in total. The maximum atomic E-state index is 11.9. The molecule has 0 saturated carbocycles. The van der Waals surface area contributed by atoms with Crippen LogP contribution in [0.4, 0.5) is 0 Å². The molecule has 0 radical (unpaired) electrons. The number of guanidine groups is 1. The zero-order chi connectivity index (χ0) is 16.4. The Morgan fingerprint density at radius 3 is 2.78 bits per heavy atom. The summed E-state index contributed by atoms with van der Waals surface area (Å²) < 4.78 is 26.8. The standard InChI is InChI=1S/C14H24N4O2S2.HI/c1-4-5-6-11-18(3)14(15-2)16-9-10-17-22(19,20)13-8-7-12-21-13;/h4,7-8,12,17H,1,5-6,9-11H2,2-3H3,(H,15,16);1H. The Balaban J connectivity index is 0.00000484. The van der Waals surface area contributed by atoms with Crippen LogP contribution in [0.25, 0.3) is 0 Å². The Hall–Kier alpha value is -0.650. The van der Waals surface area contributed by atoms with E-state index in [0.717, 1.165) is 25.3 Å². The van der Waals surface area contributed by atoms with E-state index in [4.69, 9.17) is 0 Å². The molecule has 1 rings (SSSR count). The minimum absolute atomic E-state index is 0. The monoisotopic (exact) mass is 472 g/mol. The van der Waals surface area contributed by atoms with Gasteiger partial charge in [0.25, 0.3) is 0 Å². The minimum atomic E-state index is -3.40. The molecule has 1 aromatic heterocycles. The first kappa shape index (κ1) is 22.4. The SMILES string of the molecule is C=CCCCN(C)C(=NC)NCCNS(=O)(=O)c1cccs1.I. The maximum absolute atomic E-state index is 11.9. The molecule has 0 aromatic carbocycles. The summed E-state index contributed by atoms with van der Waals surface area (Å²) in [5, 5.41) is 4.88. The van der Waals surface area contributed by atoms with Gasteiger partial charge in [-0.3, -0.25) is 4.99 Å². The quantitative estimate of drug-likeness (QED) is 0.190. The summed E-state index contributed by atoms with van der Waals surface area (Å²) in [6.45, 7) is 5.35. The van der Waals surface area contributed by atoms with E-state index in [2.05, 4.69) is 21.6 Å². The first-order valence-corrected chi connectivity index (χ1v) is 9.43. The topological polar surface area (TPSA) is 73.8 Å². The number of nitrogens with one attached hydrogen (secondary N) is 2. The number of unbranched alkanes of at least 4 members (excludes halogenated alkanes) is 1. The molecule has 0 aliphatic rings. The van der Waals surface area contributed by atoms with E-state index >= 15 is 0 Å². The Labute approximate surface area is 160 Å². The average Bonchev–Trinajstić information content (AvgIpc) is 3.02. The first-order valence-electron chi connectivity index (χ1n) is 7.07. The molecule has 0 spiro atoms. The third kappa shape index (κ3) is 8.13. The second-order valence-corrected chi connectivity index (χ2v) is 7.60. The predicted molar refractivity (Wildman–Crippen MR) is 108 cm³/mol. The minimum Gasteiger partial charge on any atom is -0.355 e. The van der Waals surface area contributed by atoms with E-state index in [1.807, 2.05) is 18.0 Å². The third-order valence-electron chi connectivity index (χ3n) is 2.94. The number of hydrogen-bond acceptors (Lipinski definition) is 4. The summed E-state index contributed by atoms with van der Waals surface area (Å²) in [5.41, 5.74) is 0. The van der Waals surface area contributed by atoms with E-state index < -0.39 is 10.0 Å². The zero-order valence-corrected chi connectivity index (χ0v) is 17.5. The summed E-state index contributed by atoms with van der Waals surface area (Å²) in [6, 6.07) is 3.31. The van der Waals surface area contributed by atoms with Gasteiger partial charge in [-0.1, -0.05) is 12.1 Å². The van der Waals surface area contributed by atoms with Crippen molar-refractivity contribution in [1.29, 1.82) is 0 Å². The first-order chi connectivity index (χ1) is 10.5. The average molecular weight is 472 g/mol. The zero-order valence-electron chi connectivity index (χ0n) is 13.5. The van der Waals surface area contributed by atoms with Gasteiger partial charge in [-0.15, -0.1) is 41.9 Å². The van der Waals surface area contributed by atoms with Crippen LogP contribution in [0.2, 0.25) is 0 Å². The van der Waals surface area contributed by atoms with Gasteiger partial charge >= 0.3 is 0 Å². The molecular weight excluding hydrogens is 447 g/mol. The highest BCUT2D eigenvalue weighted by molar-refractivity contribution is 14.0. The van der Waals surface area contributed by atoms with Crippen LogP contribution in [-0.2, 0) is 10.0 Å². The number of allylic oxidation sites excluding steroid dienone is 1. The second-order valence-electron chi connectivity index (χ2n) is 4.66. The predicted octanol–water partition coefficient (Wildman–Crippen LogP) is 2.12. The van der Waals surface area contributed by atoms with E-state index in [1.54, 1.807) is 24.6 Å². The number of sulfonamides is 1. The van der Waals surface area contributed by atoms with Gasteiger partial charge in [0.2, 0.25) is 10.0 Å².